The van der Waals surface area contributed by atoms with Crippen molar-refractivity contribution in [1.29, 1.82) is 0 Å². The predicted octanol–water partition coefficient (Wildman–Crippen LogP) is 2.09. The van der Waals surface area contributed by atoms with Crippen LogP contribution in [-0.4, -0.2) is 53.7 Å². The molecule has 0 radical (unpaired) electrons. The maximum absolute atomic E-state index is 12.8. The van der Waals surface area contributed by atoms with E-state index in [1.165, 1.54) is 0 Å². The van der Waals surface area contributed by atoms with Crippen molar-refractivity contribution in [3.05, 3.63) is 59.7 Å². The molecule has 2 fully saturated rings. The number of pyridine rings is 2. The van der Waals surface area contributed by atoms with E-state index in [1.807, 2.05) is 30.0 Å². The summed E-state index contributed by atoms with van der Waals surface area (Å²) in [4.78, 5) is 23.0. The highest BCUT2D eigenvalue weighted by Crippen LogP contribution is 2.42. The summed E-state index contributed by atoms with van der Waals surface area (Å²) in [5, 5.41) is 0. The number of amides is 1. The third kappa shape index (κ3) is 3.34. The van der Waals surface area contributed by atoms with Gasteiger partial charge in [-0.1, -0.05) is 6.07 Å². The van der Waals surface area contributed by atoms with E-state index in [0.29, 0.717) is 51.1 Å². The van der Waals surface area contributed by atoms with Gasteiger partial charge in [-0.25, -0.2) is 0 Å². The van der Waals surface area contributed by atoms with Gasteiger partial charge in [0.2, 0.25) is 0 Å². The molecule has 0 aliphatic carbocycles. The van der Waals surface area contributed by atoms with Crippen molar-refractivity contribution in [2.24, 2.45) is 11.3 Å². The van der Waals surface area contributed by atoms with E-state index in [0.717, 1.165) is 11.1 Å². The number of nitrogens with zero attached hydrogens (tertiary/aromatic N) is 3. The van der Waals surface area contributed by atoms with Crippen LogP contribution in [0.1, 0.15) is 21.6 Å². The molecule has 0 spiro atoms. The van der Waals surface area contributed by atoms with Gasteiger partial charge < -0.3 is 14.4 Å². The summed E-state index contributed by atoms with van der Waals surface area (Å²) < 4.78 is 11.7. The molecule has 136 valence electrons. The molecule has 1 amide bonds. The maximum atomic E-state index is 12.8. The first-order valence-electron chi connectivity index (χ1n) is 8.93. The molecule has 0 aromatic carbocycles. The zero-order valence-electron chi connectivity index (χ0n) is 14.9. The van der Waals surface area contributed by atoms with Crippen LogP contribution in [-0.2, 0) is 16.1 Å². The Kier molecular flexibility index (Phi) is 4.70. The van der Waals surface area contributed by atoms with Crippen molar-refractivity contribution in [1.82, 2.24) is 14.9 Å². The fourth-order valence-electron chi connectivity index (χ4n) is 3.80. The fraction of sp³-hybridized carbons (Fsp3) is 0.450. The van der Waals surface area contributed by atoms with E-state index in [4.69, 9.17) is 9.47 Å². The number of rotatable bonds is 5. The number of likely N-dealkylation sites (tertiary alicyclic amines) is 1. The summed E-state index contributed by atoms with van der Waals surface area (Å²) in [6, 6.07) is 7.63. The topological polar surface area (TPSA) is 64.6 Å². The lowest BCUT2D eigenvalue weighted by molar-refractivity contribution is 0.0185. The van der Waals surface area contributed by atoms with E-state index in [9.17, 15) is 4.79 Å². The van der Waals surface area contributed by atoms with Gasteiger partial charge >= 0.3 is 0 Å². The normalized spacial score (nSPS) is 24.7. The second-order valence-electron chi connectivity index (χ2n) is 7.33. The summed E-state index contributed by atoms with van der Waals surface area (Å²) in [5.41, 5.74) is 2.54. The van der Waals surface area contributed by atoms with Crippen molar-refractivity contribution < 1.29 is 14.3 Å². The van der Waals surface area contributed by atoms with Gasteiger partial charge in [0.25, 0.3) is 5.91 Å². The smallest absolute Gasteiger partial charge is 0.272 e. The molecule has 6 heteroatoms. The number of carbonyl (C=O) groups is 1. The van der Waals surface area contributed by atoms with Gasteiger partial charge in [-0.05, 0) is 36.2 Å². The van der Waals surface area contributed by atoms with Crippen LogP contribution in [0, 0.1) is 18.3 Å². The van der Waals surface area contributed by atoms with Crippen molar-refractivity contribution in [2.75, 3.05) is 32.9 Å². The van der Waals surface area contributed by atoms with Gasteiger partial charge in [0.05, 0.1) is 26.4 Å². The van der Waals surface area contributed by atoms with Crippen molar-refractivity contribution in [3.8, 4) is 0 Å². The van der Waals surface area contributed by atoms with Gasteiger partial charge in [0.1, 0.15) is 5.69 Å². The molecule has 26 heavy (non-hydrogen) atoms. The number of hydrogen-bond acceptors (Lipinski definition) is 5. The monoisotopic (exact) mass is 353 g/mol. The first-order chi connectivity index (χ1) is 12.7. The Morgan fingerprint density at radius 2 is 2.19 bits per heavy atom. The standard InChI is InChI=1S/C20H23N3O3/c1-15-2-3-18(22-8-15)19(24)23-9-17-11-26-14-20(17,12-23)13-25-10-16-4-6-21-7-5-16/h2-8,17H,9-14H2,1H3/t17-,20-/m1/s1. The van der Waals surface area contributed by atoms with Gasteiger partial charge in [-0.3, -0.25) is 14.8 Å². The quantitative estimate of drug-likeness (QED) is 0.824. The third-order valence-corrected chi connectivity index (χ3v) is 5.35. The fourth-order valence-corrected chi connectivity index (χ4v) is 3.80. The molecule has 2 aliphatic rings. The van der Waals surface area contributed by atoms with Crippen LogP contribution in [0.3, 0.4) is 0 Å². The SMILES string of the molecule is Cc1ccc(C(=O)N2C[C@@H]3COC[C@]3(COCc3ccncc3)C2)nc1. The second-order valence-corrected chi connectivity index (χ2v) is 7.33. The molecule has 2 aliphatic heterocycles. The average Bonchev–Trinajstić information content (AvgIpc) is 3.20. The Hall–Kier alpha value is -2.31. The molecule has 2 atom stereocenters. The Balaban J connectivity index is 1.41. The molecular formula is C20H23N3O3. The Bertz CT molecular complexity index is 766. The number of fused-ring (bicyclic) bond motifs is 1. The summed E-state index contributed by atoms with van der Waals surface area (Å²) in [5.74, 6) is 0.308. The number of ether oxygens (including phenoxy) is 2. The molecular weight excluding hydrogens is 330 g/mol. The summed E-state index contributed by atoms with van der Waals surface area (Å²) >= 11 is 0. The summed E-state index contributed by atoms with van der Waals surface area (Å²) in [6.07, 6.45) is 5.27. The van der Waals surface area contributed by atoms with Crippen molar-refractivity contribution >= 4 is 5.91 Å². The van der Waals surface area contributed by atoms with Gasteiger partial charge in [-0.2, -0.15) is 0 Å². The average molecular weight is 353 g/mol. The van der Waals surface area contributed by atoms with Gasteiger partial charge in [-0.15, -0.1) is 0 Å². The first-order valence-corrected chi connectivity index (χ1v) is 8.93. The van der Waals surface area contributed by atoms with Crippen molar-refractivity contribution in [3.63, 3.8) is 0 Å². The van der Waals surface area contributed by atoms with E-state index < -0.39 is 0 Å². The van der Waals surface area contributed by atoms with Crippen LogP contribution in [0.25, 0.3) is 0 Å². The van der Waals surface area contributed by atoms with Crippen LogP contribution < -0.4 is 0 Å². The maximum Gasteiger partial charge on any atom is 0.272 e. The number of carbonyl (C=O) groups excluding carboxylic acids is 1. The molecule has 4 heterocycles. The van der Waals surface area contributed by atoms with Crippen LogP contribution in [0.2, 0.25) is 0 Å². The molecule has 6 nitrogen and oxygen atoms in total. The summed E-state index contributed by atoms with van der Waals surface area (Å²) in [6.45, 7) is 5.78. The lowest BCUT2D eigenvalue weighted by Crippen LogP contribution is -2.37. The number of hydrogen-bond donors (Lipinski definition) is 0. The Morgan fingerprint density at radius 1 is 1.35 bits per heavy atom. The zero-order chi connectivity index (χ0) is 18.0. The first kappa shape index (κ1) is 17.1. The Morgan fingerprint density at radius 3 is 2.96 bits per heavy atom. The van der Waals surface area contributed by atoms with Gasteiger partial charge in [0, 0.05) is 43.0 Å². The number of aryl methyl sites for hydroxylation is 1. The minimum absolute atomic E-state index is 0.00657. The predicted molar refractivity (Wildman–Crippen MR) is 95.5 cm³/mol. The molecule has 0 bridgehead atoms. The van der Waals surface area contributed by atoms with E-state index in [2.05, 4.69) is 9.97 Å². The molecule has 0 saturated carbocycles. The van der Waals surface area contributed by atoms with Crippen LogP contribution >= 0.6 is 0 Å². The second kappa shape index (κ2) is 7.13. The molecule has 0 unspecified atom stereocenters. The molecule has 0 N–H and O–H groups in total. The minimum atomic E-state index is -0.118. The van der Waals surface area contributed by atoms with E-state index >= 15 is 0 Å². The molecule has 2 saturated heterocycles. The molecule has 2 aromatic rings. The highest BCUT2D eigenvalue weighted by atomic mass is 16.5. The molecule has 4 rings (SSSR count). The van der Waals surface area contributed by atoms with Crippen LogP contribution in [0.4, 0.5) is 0 Å². The highest BCUT2D eigenvalue weighted by molar-refractivity contribution is 5.92. The van der Waals surface area contributed by atoms with Crippen LogP contribution in [0.15, 0.2) is 42.9 Å². The lowest BCUT2D eigenvalue weighted by atomic mass is 9.82. The third-order valence-electron chi connectivity index (χ3n) is 5.35. The van der Waals surface area contributed by atoms with Gasteiger partial charge in [0.15, 0.2) is 0 Å². The van der Waals surface area contributed by atoms with E-state index in [1.54, 1.807) is 24.7 Å². The van der Waals surface area contributed by atoms with Crippen molar-refractivity contribution in [2.45, 2.75) is 13.5 Å². The lowest BCUT2D eigenvalue weighted by Gasteiger charge is -2.26. The van der Waals surface area contributed by atoms with E-state index in [-0.39, 0.29) is 11.3 Å². The summed E-state index contributed by atoms with van der Waals surface area (Å²) in [7, 11) is 0. The minimum Gasteiger partial charge on any atom is -0.380 e. The number of aromatic nitrogens is 2. The van der Waals surface area contributed by atoms with Crippen LogP contribution in [0.5, 0.6) is 0 Å². The largest absolute Gasteiger partial charge is 0.380 e. The molecule has 2 aromatic heterocycles. The zero-order valence-corrected chi connectivity index (χ0v) is 14.9. The highest BCUT2D eigenvalue weighted by Gasteiger charge is 2.52. The Labute approximate surface area is 153 Å².